The number of rotatable bonds is 6. The summed E-state index contributed by atoms with van der Waals surface area (Å²) >= 11 is 5.70. The first kappa shape index (κ1) is 33.4. The maximum Gasteiger partial charge on any atom is 0.416 e. The molecule has 12 heteroatoms. The lowest BCUT2D eigenvalue weighted by atomic mass is 10.0. The average molecular weight is 745 g/mol. The van der Waals surface area contributed by atoms with Crippen LogP contribution in [0.2, 0.25) is 0 Å². The molecular weight excluding hydrogens is 725 g/mol. The van der Waals surface area contributed by atoms with E-state index in [1.54, 1.807) is 34.8 Å². The molecule has 0 bridgehead atoms. The van der Waals surface area contributed by atoms with Crippen LogP contribution in [0.15, 0.2) is 109 Å². The van der Waals surface area contributed by atoms with Gasteiger partial charge in [-0.2, -0.15) is 26.3 Å². The quantitative estimate of drug-likeness (QED) is 0.117. The molecule has 4 heterocycles. The van der Waals surface area contributed by atoms with Crippen LogP contribution >= 0.6 is 45.3 Å². The normalized spacial score (nSPS) is 13.3. The molecule has 49 heavy (non-hydrogen) atoms. The lowest BCUT2D eigenvalue weighted by molar-refractivity contribution is -0.137. The van der Waals surface area contributed by atoms with Gasteiger partial charge in [0.15, 0.2) is 0 Å². The molecule has 7 aromatic rings. The maximum atomic E-state index is 14.7. The van der Waals surface area contributed by atoms with Crippen LogP contribution in [0.3, 0.4) is 0 Å². The number of benzene rings is 3. The molecule has 0 atom stereocenters. The Kier molecular flexibility index (Phi) is 8.41. The molecule has 4 aromatic heterocycles. The Balaban J connectivity index is 1.22. The van der Waals surface area contributed by atoms with Crippen molar-refractivity contribution in [3.63, 3.8) is 0 Å². The molecule has 0 amide bonds. The van der Waals surface area contributed by atoms with Gasteiger partial charge in [-0.1, -0.05) is 36.9 Å². The van der Waals surface area contributed by atoms with Crippen LogP contribution in [0.5, 0.6) is 0 Å². The second kappa shape index (κ2) is 12.3. The number of halogens is 8. The summed E-state index contributed by atoms with van der Waals surface area (Å²) in [4.78, 5) is 4.56. The number of hydrogen-bond donors (Lipinski definition) is 0. The minimum atomic E-state index is -4.63. The predicted molar refractivity (Wildman–Crippen MR) is 190 cm³/mol. The van der Waals surface area contributed by atoms with Crippen LogP contribution in [0.25, 0.3) is 66.5 Å². The third-order valence-electron chi connectivity index (χ3n) is 7.96. The minimum absolute atomic E-state index is 0.00980. The molecule has 0 radical (unpaired) electrons. The standard InChI is InChI=1S/C37H20F8S4/c1-18(36(40,41)42)3-5-21(19(2)38)28-11-13-32(46-28)34-16-25-22-8-10-31-26(23(22)7-9-30(25)48-34)17-35(49-31)33-14-12-29(47-33)24-6-4-20(15-27(24)39)37(43,44)45/h3-17H,2H2,1H3/b18-3+,21-5+. The van der Waals surface area contributed by atoms with Gasteiger partial charge in [0.25, 0.3) is 0 Å². The predicted octanol–water partition coefficient (Wildman–Crippen LogP) is 14.9. The molecule has 0 spiro atoms. The van der Waals surface area contributed by atoms with E-state index in [4.69, 9.17) is 0 Å². The smallest absolute Gasteiger partial charge is 0.207 e. The molecule has 0 nitrogen and oxygen atoms in total. The van der Waals surface area contributed by atoms with E-state index in [2.05, 4.69) is 30.8 Å². The van der Waals surface area contributed by atoms with Crippen LogP contribution in [0.4, 0.5) is 35.1 Å². The highest BCUT2D eigenvalue weighted by Gasteiger charge is 2.31. The van der Waals surface area contributed by atoms with Crippen molar-refractivity contribution >= 4 is 81.9 Å². The molecule has 0 fully saturated rings. The zero-order chi connectivity index (χ0) is 34.8. The Hall–Kier alpha value is -4.10. The van der Waals surface area contributed by atoms with Crippen molar-refractivity contribution in [2.24, 2.45) is 0 Å². The van der Waals surface area contributed by atoms with E-state index in [9.17, 15) is 35.1 Å². The average Bonchev–Trinajstić information content (AvgIpc) is 3.84. The second-order valence-corrected chi connectivity index (χ2v) is 15.5. The first-order valence-electron chi connectivity index (χ1n) is 14.4. The van der Waals surface area contributed by atoms with Gasteiger partial charge in [0.2, 0.25) is 0 Å². The van der Waals surface area contributed by atoms with Gasteiger partial charge in [0, 0.05) is 66.1 Å². The summed E-state index contributed by atoms with van der Waals surface area (Å²) in [5.41, 5.74) is -1.78. The van der Waals surface area contributed by atoms with E-state index in [1.165, 1.54) is 22.7 Å². The topological polar surface area (TPSA) is 0 Å². The van der Waals surface area contributed by atoms with Gasteiger partial charge in [-0.05, 0) is 78.4 Å². The SMILES string of the molecule is C=C(F)/C(=C\C=C(/C)C(F)(F)F)c1ccc(-c2cc3c(ccc4c5cc(-c6ccc(-c7ccc(C(F)(F)F)cc7F)s6)sc5ccc34)s2)s1. The summed E-state index contributed by atoms with van der Waals surface area (Å²) < 4.78 is 109. The number of fused-ring (bicyclic) bond motifs is 5. The Morgan fingerprint density at radius 2 is 1.18 bits per heavy atom. The zero-order valence-electron chi connectivity index (χ0n) is 25.0. The molecule has 0 saturated heterocycles. The van der Waals surface area contributed by atoms with Crippen molar-refractivity contribution in [3.05, 3.63) is 125 Å². The highest BCUT2D eigenvalue weighted by molar-refractivity contribution is 7.27. The fraction of sp³-hybridized carbons (Fsp3) is 0.0811. The molecule has 0 unspecified atom stereocenters. The molecule has 7 rings (SSSR count). The first-order valence-corrected chi connectivity index (χ1v) is 17.7. The number of alkyl halides is 6. The first-order chi connectivity index (χ1) is 23.2. The van der Waals surface area contributed by atoms with Gasteiger partial charge in [-0.3, -0.25) is 0 Å². The van der Waals surface area contributed by atoms with Crippen LogP contribution < -0.4 is 0 Å². The van der Waals surface area contributed by atoms with E-state index in [-0.39, 0.29) is 11.1 Å². The van der Waals surface area contributed by atoms with Crippen molar-refractivity contribution < 1.29 is 35.1 Å². The van der Waals surface area contributed by atoms with Gasteiger partial charge in [0.1, 0.15) is 11.6 Å². The molecular formula is C37H20F8S4. The molecule has 3 aromatic carbocycles. The summed E-state index contributed by atoms with van der Waals surface area (Å²) in [6, 6.07) is 21.9. The second-order valence-electron chi connectivity index (χ2n) is 11.1. The molecule has 0 aliphatic rings. The van der Waals surface area contributed by atoms with Gasteiger partial charge < -0.3 is 0 Å². The Morgan fingerprint density at radius 3 is 1.73 bits per heavy atom. The lowest BCUT2D eigenvalue weighted by Gasteiger charge is -2.08. The van der Waals surface area contributed by atoms with Crippen LogP contribution in [0.1, 0.15) is 17.4 Å². The number of thiophene rings is 4. The fourth-order valence-corrected chi connectivity index (χ4v) is 9.82. The van der Waals surface area contributed by atoms with Crippen molar-refractivity contribution in [3.8, 4) is 29.9 Å². The number of allylic oxidation sites excluding steroid dienone is 5. The summed E-state index contributed by atoms with van der Waals surface area (Å²) in [5.74, 6) is -1.76. The van der Waals surface area contributed by atoms with Gasteiger partial charge >= 0.3 is 12.4 Å². The van der Waals surface area contributed by atoms with Crippen molar-refractivity contribution in [2.75, 3.05) is 0 Å². The molecule has 248 valence electrons. The fourth-order valence-electron chi connectivity index (χ4n) is 5.42. The summed E-state index contributed by atoms with van der Waals surface area (Å²) in [6.45, 7) is 4.24. The highest BCUT2D eigenvalue weighted by atomic mass is 32.1. The van der Waals surface area contributed by atoms with E-state index in [0.717, 1.165) is 81.7 Å². The third kappa shape index (κ3) is 6.38. The molecule has 0 saturated carbocycles. The Labute approximate surface area is 290 Å². The lowest BCUT2D eigenvalue weighted by Crippen LogP contribution is -2.08. The van der Waals surface area contributed by atoms with Crippen molar-refractivity contribution in [2.45, 2.75) is 19.3 Å². The van der Waals surface area contributed by atoms with Crippen LogP contribution in [-0.4, -0.2) is 6.18 Å². The van der Waals surface area contributed by atoms with E-state index < -0.39 is 35.1 Å². The van der Waals surface area contributed by atoms with Crippen molar-refractivity contribution in [1.29, 1.82) is 0 Å². The molecule has 0 aliphatic heterocycles. The summed E-state index contributed by atoms with van der Waals surface area (Å²) in [6.07, 6.45) is -7.19. The highest BCUT2D eigenvalue weighted by Crippen LogP contribution is 2.46. The van der Waals surface area contributed by atoms with Gasteiger partial charge in [-0.25, -0.2) is 8.78 Å². The van der Waals surface area contributed by atoms with E-state index in [1.807, 2.05) is 24.3 Å². The maximum absolute atomic E-state index is 14.7. The van der Waals surface area contributed by atoms with Crippen LogP contribution in [0, 0.1) is 5.82 Å². The van der Waals surface area contributed by atoms with Crippen LogP contribution in [-0.2, 0) is 6.18 Å². The van der Waals surface area contributed by atoms with Gasteiger partial charge in [0.05, 0.1) is 5.56 Å². The molecule has 0 N–H and O–H groups in total. The van der Waals surface area contributed by atoms with Gasteiger partial charge in [-0.15, -0.1) is 45.3 Å². The monoisotopic (exact) mass is 744 g/mol. The van der Waals surface area contributed by atoms with Crippen molar-refractivity contribution in [1.82, 2.24) is 0 Å². The zero-order valence-corrected chi connectivity index (χ0v) is 28.3. The molecule has 0 aliphatic carbocycles. The van der Waals surface area contributed by atoms with E-state index in [0.29, 0.717) is 15.8 Å². The summed E-state index contributed by atoms with van der Waals surface area (Å²) in [5, 5.41) is 4.10. The largest absolute Gasteiger partial charge is 0.416 e. The Morgan fingerprint density at radius 1 is 0.612 bits per heavy atom. The minimum Gasteiger partial charge on any atom is -0.207 e. The third-order valence-corrected chi connectivity index (χ3v) is 12.8. The Bertz CT molecular complexity index is 2480. The number of hydrogen-bond acceptors (Lipinski definition) is 4. The summed E-state index contributed by atoms with van der Waals surface area (Å²) in [7, 11) is 0. The van der Waals surface area contributed by atoms with E-state index >= 15 is 0 Å².